The third kappa shape index (κ3) is 1.90. The molecule has 0 atom stereocenters. The van der Waals surface area contributed by atoms with Gasteiger partial charge >= 0.3 is 0 Å². The molecule has 2 aromatic rings. The lowest BCUT2D eigenvalue weighted by Crippen LogP contribution is -2.18. The predicted octanol–water partition coefficient (Wildman–Crippen LogP) is 3.86. The standard InChI is InChI=1S/C10H5Cl3FNO/c11-10(12,13)9(16)6-4-15-8-5(6)2-1-3-7(8)14/h1-4,15H. The summed E-state index contributed by atoms with van der Waals surface area (Å²) in [4.78, 5) is 14.4. The summed E-state index contributed by atoms with van der Waals surface area (Å²) in [5, 5.41) is 0.399. The van der Waals surface area contributed by atoms with Crippen molar-refractivity contribution in [3.05, 3.63) is 35.8 Å². The summed E-state index contributed by atoms with van der Waals surface area (Å²) in [5.41, 5.74) is 0.384. The lowest BCUT2D eigenvalue weighted by molar-refractivity contribution is 0.0998. The van der Waals surface area contributed by atoms with Crippen molar-refractivity contribution < 1.29 is 9.18 Å². The first-order chi connectivity index (χ1) is 7.41. The molecule has 0 spiro atoms. The molecule has 0 fully saturated rings. The Morgan fingerprint density at radius 3 is 2.62 bits per heavy atom. The number of ketones is 1. The molecule has 1 heterocycles. The molecule has 0 bridgehead atoms. The summed E-state index contributed by atoms with van der Waals surface area (Å²) in [6.07, 6.45) is 1.33. The minimum absolute atomic E-state index is 0.162. The minimum atomic E-state index is -2.04. The highest BCUT2D eigenvalue weighted by atomic mass is 35.6. The number of nitrogens with one attached hydrogen (secondary N) is 1. The van der Waals surface area contributed by atoms with Crippen LogP contribution in [0.25, 0.3) is 10.9 Å². The Morgan fingerprint density at radius 1 is 1.31 bits per heavy atom. The largest absolute Gasteiger partial charge is 0.358 e. The molecule has 0 aliphatic carbocycles. The van der Waals surface area contributed by atoms with E-state index in [1.165, 1.54) is 18.3 Å². The molecule has 84 valence electrons. The summed E-state index contributed by atoms with van der Waals surface area (Å²) in [6, 6.07) is 4.35. The number of H-pyrrole nitrogens is 1. The molecule has 0 radical (unpaired) electrons. The van der Waals surface area contributed by atoms with E-state index < -0.39 is 15.4 Å². The number of carbonyl (C=O) groups is 1. The summed E-state index contributed by atoms with van der Waals surface area (Å²) in [6.45, 7) is 0. The highest BCUT2D eigenvalue weighted by molar-refractivity contribution is 6.77. The van der Waals surface area contributed by atoms with Gasteiger partial charge in [0.05, 0.1) is 5.52 Å². The highest BCUT2D eigenvalue weighted by Crippen LogP contribution is 2.33. The van der Waals surface area contributed by atoms with Gasteiger partial charge in [-0.05, 0) is 6.07 Å². The van der Waals surface area contributed by atoms with Gasteiger partial charge in [0.2, 0.25) is 5.78 Å². The van der Waals surface area contributed by atoms with Crippen LogP contribution in [0.5, 0.6) is 0 Å². The molecule has 1 aromatic heterocycles. The maximum atomic E-state index is 13.3. The van der Waals surface area contributed by atoms with E-state index in [0.29, 0.717) is 5.39 Å². The van der Waals surface area contributed by atoms with E-state index in [9.17, 15) is 9.18 Å². The molecule has 2 nitrogen and oxygen atoms in total. The van der Waals surface area contributed by atoms with Crippen LogP contribution < -0.4 is 0 Å². The first-order valence-corrected chi connectivity index (χ1v) is 5.42. The molecular formula is C10H5Cl3FNO. The molecule has 1 N–H and O–H groups in total. The third-order valence-electron chi connectivity index (χ3n) is 2.17. The fraction of sp³-hybridized carbons (Fsp3) is 0.100. The molecule has 6 heteroatoms. The van der Waals surface area contributed by atoms with Gasteiger partial charge in [-0.3, -0.25) is 4.79 Å². The Kier molecular flexibility index (Phi) is 2.86. The van der Waals surface area contributed by atoms with E-state index in [1.54, 1.807) is 6.07 Å². The lowest BCUT2D eigenvalue weighted by atomic mass is 10.1. The number of aromatic amines is 1. The van der Waals surface area contributed by atoms with Gasteiger partial charge < -0.3 is 4.98 Å². The number of hydrogen-bond donors (Lipinski definition) is 1. The van der Waals surface area contributed by atoms with Crippen LogP contribution in [-0.4, -0.2) is 14.6 Å². The van der Waals surface area contributed by atoms with Crippen molar-refractivity contribution in [2.45, 2.75) is 3.79 Å². The molecule has 0 unspecified atom stereocenters. The predicted molar refractivity (Wildman–Crippen MR) is 62.9 cm³/mol. The van der Waals surface area contributed by atoms with Crippen molar-refractivity contribution in [2.75, 3.05) is 0 Å². The minimum Gasteiger partial charge on any atom is -0.358 e. The van der Waals surface area contributed by atoms with Crippen LogP contribution in [0.15, 0.2) is 24.4 Å². The zero-order valence-electron chi connectivity index (χ0n) is 7.73. The average Bonchev–Trinajstić information content (AvgIpc) is 2.60. The summed E-state index contributed by atoms with van der Waals surface area (Å²) in [5.74, 6) is -1.14. The first-order valence-electron chi connectivity index (χ1n) is 4.28. The Morgan fingerprint density at radius 2 is 2.00 bits per heavy atom. The molecular weight excluding hydrogens is 275 g/mol. The monoisotopic (exact) mass is 279 g/mol. The van der Waals surface area contributed by atoms with Crippen molar-refractivity contribution in [1.82, 2.24) is 4.98 Å². The summed E-state index contributed by atoms with van der Waals surface area (Å²) < 4.78 is 11.3. The van der Waals surface area contributed by atoms with Crippen molar-refractivity contribution in [3.8, 4) is 0 Å². The number of hydrogen-bond acceptors (Lipinski definition) is 1. The van der Waals surface area contributed by atoms with Crippen LogP contribution in [0.3, 0.4) is 0 Å². The Bertz CT molecular complexity index is 559. The summed E-state index contributed by atoms with van der Waals surface area (Å²) >= 11 is 16.5. The maximum Gasteiger partial charge on any atom is 0.253 e. The second-order valence-electron chi connectivity index (χ2n) is 3.19. The number of halogens is 4. The number of Topliss-reactive ketones (excluding diaryl/α,β-unsaturated/α-hetero) is 1. The number of rotatable bonds is 1. The van der Waals surface area contributed by atoms with Gasteiger partial charge in [0, 0.05) is 17.1 Å². The molecule has 0 aliphatic rings. The van der Waals surface area contributed by atoms with Crippen LogP contribution in [0, 0.1) is 5.82 Å². The van der Waals surface area contributed by atoms with Crippen molar-refractivity contribution >= 4 is 51.5 Å². The molecule has 0 saturated carbocycles. The van der Waals surface area contributed by atoms with Crippen LogP contribution in [0.1, 0.15) is 10.4 Å². The van der Waals surface area contributed by atoms with E-state index in [4.69, 9.17) is 34.8 Å². The highest BCUT2D eigenvalue weighted by Gasteiger charge is 2.33. The lowest BCUT2D eigenvalue weighted by Gasteiger charge is -2.07. The van der Waals surface area contributed by atoms with Crippen LogP contribution in [-0.2, 0) is 0 Å². The number of alkyl halides is 3. The maximum absolute atomic E-state index is 13.3. The van der Waals surface area contributed by atoms with Gasteiger partial charge in [-0.2, -0.15) is 0 Å². The number of carbonyl (C=O) groups excluding carboxylic acids is 1. The summed E-state index contributed by atoms with van der Waals surface area (Å²) in [7, 11) is 0. The quantitative estimate of drug-likeness (QED) is 0.624. The van der Waals surface area contributed by atoms with Crippen LogP contribution in [0.2, 0.25) is 0 Å². The second kappa shape index (κ2) is 3.91. The first kappa shape index (κ1) is 11.7. The van der Waals surface area contributed by atoms with E-state index in [1.807, 2.05) is 0 Å². The molecule has 16 heavy (non-hydrogen) atoms. The average molecular weight is 281 g/mol. The van der Waals surface area contributed by atoms with Crippen molar-refractivity contribution in [2.24, 2.45) is 0 Å². The van der Waals surface area contributed by atoms with Crippen LogP contribution in [0.4, 0.5) is 4.39 Å². The molecule has 1 aromatic carbocycles. The van der Waals surface area contributed by atoms with Gasteiger partial charge in [-0.1, -0.05) is 46.9 Å². The number of fused-ring (bicyclic) bond motifs is 1. The zero-order chi connectivity index (χ0) is 11.9. The molecule has 0 amide bonds. The number of para-hydroxylation sites is 1. The smallest absolute Gasteiger partial charge is 0.253 e. The normalized spacial score (nSPS) is 12.0. The Labute approximate surface area is 105 Å². The van der Waals surface area contributed by atoms with Crippen molar-refractivity contribution in [1.29, 1.82) is 0 Å². The second-order valence-corrected chi connectivity index (χ2v) is 5.47. The SMILES string of the molecule is O=C(c1c[nH]c2c(F)cccc12)C(Cl)(Cl)Cl. The van der Waals surface area contributed by atoms with Gasteiger partial charge in [0.15, 0.2) is 0 Å². The topological polar surface area (TPSA) is 32.9 Å². The molecule has 2 rings (SSSR count). The van der Waals surface area contributed by atoms with E-state index in [-0.39, 0.29) is 11.1 Å². The fourth-order valence-corrected chi connectivity index (χ4v) is 1.76. The van der Waals surface area contributed by atoms with Gasteiger partial charge in [0.1, 0.15) is 5.82 Å². The molecule has 0 saturated heterocycles. The number of aromatic nitrogens is 1. The molecule has 0 aliphatic heterocycles. The Balaban J connectivity index is 2.64. The van der Waals surface area contributed by atoms with E-state index in [2.05, 4.69) is 4.98 Å². The third-order valence-corrected chi connectivity index (χ3v) is 2.68. The van der Waals surface area contributed by atoms with Gasteiger partial charge in [-0.25, -0.2) is 4.39 Å². The van der Waals surface area contributed by atoms with Crippen molar-refractivity contribution in [3.63, 3.8) is 0 Å². The zero-order valence-corrected chi connectivity index (χ0v) is 10.00. The van der Waals surface area contributed by atoms with Gasteiger partial charge in [0.25, 0.3) is 3.79 Å². The fourth-order valence-electron chi connectivity index (χ4n) is 1.46. The van der Waals surface area contributed by atoms with Gasteiger partial charge in [-0.15, -0.1) is 0 Å². The van der Waals surface area contributed by atoms with E-state index in [0.717, 1.165) is 0 Å². The Hall–Kier alpha value is -0.770. The van der Waals surface area contributed by atoms with Crippen LogP contribution >= 0.6 is 34.8 Å². The number of benzene rings is 1. The van der Waals surface area contributed by atoms with E-state index >= 15 is 0 Å².